The second-order valence-electron chi connectivity index (χ2n) is 6.26. The molecular weight excluding hydrogens is 326 g/mol. The minimum Gasteiger partial charge on any atom is -0.438 e. The van der Waals surface area contributed by atoms with Crippen LogP contribution in [0.1, 0.15) is 17.2 Å². The first-order valence-electron chi connectivity index (χ1n) is 8.76. The van der Waals surface area contributed by atoms with Crippen LogP contribution in [0.15, 0.2) is 67.4 Å². The molecule has 1 saturated heterocycles. The van der Waals surface area contributed by atoms with Crippen molar-refractivity contribution in [2.75, 3.05) is 19.6 Å². The molecule has 1 aliphatic heterocycles. The van der Waals surface area contributed by atoms with Gasteiger partial charge in [0.05, 0.1) is 6.20 Å². The van der Waals surface area contributed by atoms with Gasteiger partial charge >= 0.3 is 0 Å². The number of benzene rings is 1. The molecule has 1 fully saturated rings. The average Bonchev–Trinajstić information content (AvgIpc) is 2.71. The van der Waals surface area contributed by atoms with Crippen LogP contribution in [0.4, 0.5) is 0 Å². The summed E-state index contributed by atoms with van der Waals surface area (Å²) >= 11 is 0. The molecule has 1 aromatic carbocycles. The number of nitrogens with one attached hydrogen (secondary N) is 1. The van der Waals surface area contributed by atoms with Crippen molar-refractivity contribution in [3.8, 4) is 11.6 Å². The Bertz CT molecular complexity index is 811. The predicted octanol–water partition coefficient (Wildman–Crippen LogP) is 2.81. The number of aromatic nitrogens is 3. The number of hydrogen-bond acceptors (Lipinski definition) is 6. The van der Waals surface area contributed by atoms with E-state index in [0.717, 1.165) is 31.9 Å². The molecule has 1 N–H and O–H groups in total. The molecule has 2 aromatic heterocycles. The molecule has 1 atom stereocenters. The maximum Gasteiger partial charge on any atom is 0.237 e. The fraction of sp³-hybridized carbons (Fsp3) is 0.250. The molecule has 4 rings (SSSR count). The van der Waals surface area contributed by atoms with Crippen molar-refractivity contribution < 1.29 is 4.74 Å². The first-order valence-corrected chi connectivity index (χ1v) is 8.76. The first kappa shape index (κ1) is 16.6. The summed E-state index contributed by atoms with van der Waals surface area (Å²) in [5.74, 6) is 1.26. The zero-order chi connectivity index (χ0) is 17.6. The summed E-state index contributed by atoms with van der Waals surface area (Å²) in [6.07, 6.45) is 8.57. The fourth-order valence-corrected chi connectivity index (χ4v) is 3.21. The Hall–Kier alpha value is -2.83. The molecule has 1 unspecified atom stereocenters. The minimum atomic E-state index is 0.363. The van der Waals surface area contributed by atoms with Gasteiger partial charge in [0.15, 0.2) is 0 Å². The summed E-state index contributed by atoms with van der Waals surface area (Å²) in [5, 5.41) is 3.49. The van der Waals surface area contributed by atoms with Crippen LogP contribution in [-0.2, 0) is 6.54 Å². The van der Waals surface area contributed by atoms with Crippen LogP contribution in [0.5, 0.6) is 11.6 Å². The van der Waals surface area contributed by atoms with E-state index in [9.17, 15) is 0 Å². The highest BCUT2D eigenvalue weighted by molar-refractivity contribution is 5.30. The molecule has 0 bridgehead atoms. The molecule has 3 heterocycles. The lowest BCUT2D eigenvalue weighted by atomic mass is 10.0. The van der Waals surface area contributed by atoms with Gasteiger partial charge in [-0.1, -0.05) is 12.1 Å². The molecule has 1 aliphatic rings. The van der Waals surface area contributed by atoms with Gasteiger partial charge in [-0.25, -0.2) is 4.98 Å². The summed E-state index contributed by atoms with van der Waals surface area (Å²) in [6.45, 7) is 3.89. The molecule has 0 spiro atoms. The van der Waals surface area contributed by atoms with Crippen molar-refractivity contribution in [2.24, 2.45) is 0 Å². The number of hydrogen-bond donors (Lipinski definition) is 1. The monoisotopic (exact) mass is 347 g/mol. The molecule has 0 amide bonds. The summed E-state index contributed by atoms with van der Waals surface area (Å²) in [4.78, 5) is 14.8. The topological polar surface area (TPSA) is 63.2 Å². The van der Waals surface area contributed by atoms with Gasteiger partial charge < -0.3 is 10.1 Å². The second-order valence-corrected chi connectivity index (χ2v) is 6.26. The van der Waals surface area contributed by atoms with E-state index in [2.05, 4.69) is 49.4 Å². The molecule has 0 saturated carbocycles. The van der Waals surface area contributed by atoms with Crippen molar-refractivity contribution in [2.45, 2.75) is 12.6 Å². The van der Waals surface area contributed by atoms with Gasteiger partial charge in [-0.05, 0) is 35.4 Å². The van der Waals surface area contributed by atoms with Crippen LogP contribution >= 0.6 is 0 Å². The van der Waals surface area contributed by atoms with Crippen molar-refractivity contribution in [3.63, 3.8) is 0 Å². The maximum absolute atomic E-state index is 5.71. The average molecular weight is 347 g/mol. The summed E-state index contributed by atoms with van der Waals surface area (Å²) < 4.78 is 5.71. The van der Waals surface area contributed by atoms with E-state index < -0.39 is 0 Å². The highest BCUT2D eigenvalue weighted by atomic mass is 16.5. The van der Waals surface area contributed by atoms with Crippen LogP contribution in [0, 0.1) is 0 Å². The summed E-state index contributed by atoms with van der Waals surface area (Å²) in [7, 11) is 0. The lowest BCUT2D eigenvalue weighted by Gasteiger charge is -2.36. The Morgan fingerprint density at radius 3 is 2.62 bits per heavy atom. The Morgan fingerprint density at radius 1 is 1.00 bits per heavy atom. The fourth-order valence-electron chi connectivity index (χ4n) is 3.21. The number of ether oxygens (including phenoxy) is 1. The van der Waals surface area contributed by atoms with Crippen molar-refractivity contribution >= 4 is 0 Å². The largest absolute Gasteiger partial charge is 0.438 e. The molecule has 0 radical (unpaired) electrons. The SMILES string of the molecule is c1cc(C2CNCCN2Cc2ccc(Oc3cnccn3)cc2)ccn1. The van der Waals surface area contributed by atoms with E-state index >= 15 is 0 Å². The van der Waals surface area contributed by atoms with E-state index in [1.807, 2.05) is 24.5 Å². The molecule has 6 heteroatoms. The third-order valence-corrected chi connectivity index (χ3v) is 4.52. The van der Waals surface area contributed by atoms with E-state index in [-0.39, 0.29) is 0 Å². The third-order valence-electron chi connectivity index (χ3n) is 4.52. The molecule has 132 valence electrons. The molecule has 3 aromatic rings. The molecular formula is C20H21N5O. The minimum absolute atomic E-state index is 0.363. The predicted molar refractivity (Wildman–Crippen MR) is 98.8 cm³/mol. The standard InChI is InChI=1S/C20H21N5O/c1-3-18(26-20-14-22-9-10-24-20)4-2-16(1)15-25-12-11-23-13-19(25)17-5-7-21-8-6-17/h1-10,14,19,23H,11-13,15H2. The lowest BCUT2D eigenvalue weighted by molar-refractivity contribution is 0.153. The zero-order valence-corrected chi connectivity index (χ0v) is 14.5. The van der Waals surface area contributed by atoms with Crippen LogP contribution in [0.2, 0.25) is 0 Å². The van der Waals surface area contributed by atoms with Gasteiger partial charge in [-0.3, -0.25) is 14.9 Å². The van der Waals surface area contributed by atoms with Gasteiger partial charge in [0.2, 0.25) is 5.88 Å². The number of rotatable bonds is 5. The van der Waals surface area contributed by atoms with E-state index in [0.29, 0.717) is 11.9 Å². The van der Waals surface area contributed by atoms with E-state index in [1.165, 1.54) is 11.1 Å². The van der Waals surface area contributed by atoms with Crippen molar-refractivity contribution in [1.29, 1.82) is 0 Å². The molecule has 0 aliphatic carbocycles. The summed E-state index contributed by atoms with van der Waals surface area (Å²) in [6, 6.07) is 12.7. The van der Waals surface area contributed by atoms with Crippen LogP contribution in [0.3, 0.4) is 0 Å². The van der Waals surface area contributed by atoms with Gasteiger partial charge in [0.1, 0.15) is 5.75 Å². The van der Waals surface area contributed by atoms with Gasteiger partial charge in [0.25, 0.3) is 0 Å². The van der Waals surface area contributed by atoms with E-state index in [4.69, 9.17) is 4.74 Å². The smallest absolute Gasteiger partial charge is 0.237 e. The van der Waals surface area contributed by atoms with Gasteiger partial charge in [0, 0.05) is 57.0 Å². The van der Waals surface area contributed by atoms with Crippen LogP contribution < -0.4 is 10.1 Å². The normalized spacial score (nSPS) is 17.8. The molecule has 6 nitrogen and oxygen atoms in total. The Balaban J connectivity index is 1.44. The van der Waals surface area contributed by atoms with E-state index in [1.54, 1.807) is 18.6 Å². The highest BCUT2D eigenvalue weighted by Gasteiger charge is 2.23. The van der Waals surface area contributed by atoms with Gasteiger partial charge in [-0.15, -0.1) is 0 Å². The summed E-state index contributed by atoms with van der Waals surface area (Å²) in [5.41, 5.74) is 2.56. The third kappa shape index (κ3) is 4.04. The van der Waals surface area contributed by atoms with Crippen LogP contribution in [0.25, 0.3) is 0 Å². The van der Waals surface area contributed by atoms with Crippen LogP contribution in [-0.4, -0.2) is 39.5 Å². The molecule has 26 heavy (non-hydrogen) atoms. The number of pyridine rings is 1. The highest BCUT2D eigenvalue weighted by Crippen LogP contribution is 2.25. The number of piperazine rings is 1. The Labute approximate surface area is 152 Å². The van der Waals surface area contributed by atoms with Crippen molar-refractivity contribution in [3.05, 3.63) is 78.5 Å². The Kier molecular flexibility index (Phi) is 5.14. The van der Waals surface area contributed by atoms with Gasteiger partial charge in [-0.2, -0.15) is 0 Å². The number of nitrogens with zero attached hydrogens (tertiary/aromatic N) is 4. The quantitative estimate of drug-likeness (QED) is 0.766. The Morgan fingerprint density at radius 2 is 1.85 bits per heavy atom. The maximum atomic E-state index is 5.71. The first-order chi connectivity index (χ1) is 12.9. The second kappa shape index (κ2) is 8.03. The van der Waals surface area contributed by atoms with Crippen molar-refractivity contribution in [1.82, 2.24) is 25.2 Å². The lowest BCUT2D eigenvalue weighted by Crippen LogP contribution is -2.45. The zero-order valence-electron chi connectivity index (χ0n) is 14.5.